The molecule has 3 rings (SSSR count). The first-order chi connectivity index (χ1) is 11.9. The van der Waals surface area contributed by atoms with Crippen molar-refractivity contribution in [2.24, 2.45) is 0 Å². The molecular weight excluding hydrogens is 352 g/mol. The van der Waals surface area contributed by atoms with Crippen molar-refractivity contribution >= 4 is 18.5 Å². The average molecular weight is 377 g/mol. The van der Waals surface area contributed by atoms with E-state index in [9.17, 15) is 9.90 Å². The van der Waals surface area contributed by atoms with Gasteiger partial charge < -0.3 is 14.7 Å². The van der Waals surface area contributed by atoms with E-state index in [4.69, 9.17) is 4.74 Å². The van der Waals surface area contributed by atoms with Crippen LogP contribution >= 0.6 is 12.4 Å². The smallest absolute Gasteiger partial charge is 0.407 e. The third-order valence-electron chi connectivity index (χ3n) is 4.56. The van der Waals surface area contributed by atoms with Crippen molar-refractivity contribution < 1.29 is 14.6 Å². The third kappa shape index (κ3) is 4.34. The summed E-state index contributed by atoms with van der Waals surface area (Å²) in [4.78, 5) is 17.3. The number of hydrogen-bond acceptors (Lipinski definition) is 3. The second kappa shape index (κ2) is 8.06. The molecule has 5 nitrogen and oxygen atoms in total. The van der Waals surface area contributed by atoms with Crippen LogP contribution in [0.2, 0.25) is 0 Å². The van der Waals surface area contributed by atoms with E-state index in [1.54, 1.807) is 6.20 Å². The summed E-state index contributed by atoms with van der Waals surface area (Å²) >= 11 is 0. The molecule has 0 aliphatic carbocycles. The predicted octanol–water partition coefficient (Wildman–Crippen LogP) is 4.56. The van der Waals surface area contributed by atoms with Gasteiger partial charge in [-0.1, -0.05) is 24.3 Å². The number of carboxylic acid groups (broad SMARTS) is 1. The minimum atomic E-state index is -0.921. The summed E-state index contributed by atoms with van der Waals surface area (Å²) in [5, 5.41) is 9.54. The van der Waals surface area contributed by atoms with Crippen LogP contribution in [0.3, 0.4) is 0 Å². The van der Waals surface area contributed by atoms with Gasteiger partial charge in [-0.3, -0.25) is 4.98 Å². The summed E-state index contributed by atoms with van der Waals surface area (Å²) in [5.74, 6) is 0. The molecule has 6 heteroatoms. The van der Waals surface area contributed by atoms with Gasteiger partial charge in [0.25, 0.3) is 0 Å². The Hall–Kier alpha value is -2.11. The molecule has 0 bridgehead atoms. The summed E-state index contributed by atoms with van der Waals surface area (Å²) in [5.41, 5.74) is 4.03. The van der Waals surface area contributed by atoms with Crippen LogP contribution in [0.1, 0.15) is 38.0 Å². The minimum Gasteiger partial charge on any atom is -0.465 e. The standard InChI is InChI=1S/C20H24N2O3.ClH/c1-20(2,3)22(19(23)24)13-18-17-7-6-14(11-15(17)8-10-25-18)16-5-4-9-21-12-16;/h4-7,9,11-12,18H,8,10,13H2,1-3H3,(H,23,24);1H/t18-;/m0./s1. The molecule has 0 saturated carbocycles. The molecule has 26 heavy (non-hydrogen) atoms. The SMILES string of the molecule is CC(C)(C)N(C[C@@H]1OCCc2cc(-c3cccnc3)ccc21)C(=O)O.Cl. The van der Waals surface area contributed by atoms with Gasteiger partial charge >= 0.3 is 6.09 Å². The molecule has 1 atom stereocenters. The van der Waals surface area contributed by atoms with E-state index in [-0.39, 0.29) is 18.5 Å². The molecule has 0 fully saturated rings. The number of amides is 1. The lowest BCUT2D eigenvalue weighted by Gasteiger charge is -2.37. The van der Waals surface area contributed by atoms with Gasteiger partial charge in [0.2, 0.25) is 0 Å². The highest BCUT2D eigenvalue weighted by molar-refractivity contribution is 5.85. The number of fused-ring (bicyclic) bond motifs is 1. The maximum Gasteiger partial charge on any atom is 0.407 e. The largest absolute Gasteiger partial charge is 0.465 e. The molecule has 1 N–H and O–H groups in total. The van der Waals surface area contributed by atoms with Crippen molar-refractivity contribution in [3.05, 3.63) is 53.9 Å². The van der Waals surface area contributed by atoms with Gasteiger partial charge in [0.1, 0.15) is 6.10 Å². The van der Waals surface area contributed by atoms with Gasteiger partial charge in [0.05, 0.1) is 13.2 Å². The first-order valence-corrected chi connectivity index (χ1v) is 8.51. The van der Waals surface area contributed by atoms with Crippen molar-refractivity contribution in [1.29, 1.82) is 0 Å². The lowest BCUT2D eigenvalue weighted by atomic mass is 9.92. The second-order valence-electron chi connectivity index (χ2n) is 7.33. The fourth-order valence-corrected chi connectivity index (χ4v) is 3.21. The molecule has 0 unspecified atom stereocenters. The molecule has 0 radical (unpaired) electrons. The molecule has 2 aromatic rings. The molecule has 0 spiro atoms. The monoisotopic (exact) mass is 376 g/mol. The number of pyridine rings is 1. The Morgan fingerprint density at radius 1 is 1.31 bits per heavy atom. The van der Waals surface area contributed by atoms with E-state index >= 15 is 0 Å². The Morgan fingerprint density at radius 3 is 2.69 bits per heavy atom. The first kappa shape index (κ1) is 20.2. The van der Waals surface area contributed by atoms with Crippen LogP contribution in [0.15, 0.2) is 42.7 Å². The fourth-order valence-electron chi connectivity index (χ4n) is 3.21. The number of benzene rings is 1. The van der Waals surface area contributed by atoms with Crippen molar-refractivity contribution in [3.63, 3.8) is 0 Å². The molecular formula is C20H25ClN2O3. The topological polar surface area (TPSA) is 62.7 Å². The maximum atomic E-state index is 11.6. The van der Waals surface area contributed by atoms with E-state index in [1.165, 1.54) is 10.5 Å². The lowest BCUT2D eigenvalue weighted by Crippen LogP contribution is -2.47. The zero-order valence-electron chi connectivity index (χ0n) is 15.3. The molecule has 1 amide bonds. The van der Waals surface area contributed by atoms with Gasteiger partial charge in [-0.2, -0.15) is 0 Å². The van der Waals surface area contributed by atoms with Gasteiger partial charge in [-0.05, 0) is 55.5 Å². The van der Waals surface area contributed by atoms with E-state index in [0.29, 0.717) is 13.2 Å². The average Bonchev–Trinajstić information content (AvgIpc) is 2.58. The van der Waals surface area contributed by atoms with Crippen LogP contribution in [0.5, 0.6) is 0 Å². The number of aromatic nitrogens is 1. The van der Waals surface area contributed by atoms with E-state index < -0.39 is 11.6 Å². The maximum absolute atomic E-state index is 11.6. The number of halogens is 1. The molecule has 0 saturated heterocycles. The van der Waals surface area contributed by atoms with Crippen molar-refractivity contribution in [2.75, 3.05) is 13.2 Å². The van der Waals surface area contributed by atoms with Crippen molar-refractivity contribution in [2.45, 2.75) is 38.8 Å². The molecule has 140 valence electrons. The van der Waals surface area contributed by atoms with Crippen LogP contribution in [-0.2, 0) is 11.2 Å². The fraction of sp³-hybridized carbons (Fsp3) is 0.400. The Balaban J connectivity index is 0.00000243. The predicted molar refractivity (Wildman–Crippen MR) is 104 cm³/mol. The van der Waals surface area contributed by atoms with E-state index in [2.05, 4.69) is 23.2 Å². The zero-order valence-corrected chi connectivity index (χ0v) is 16.1. The molecule has 2 heterocycles. The molecule has 1 aliphatic heterocycles. The third-order valence-corrected chi connectivity index (χ3v) is 4.56. The number of rotatable bonds is 3. The number of carbonyl (C=O) groups is 1. The quantitative estimate of drug-likeness (QED) is 0.852. The normalized spacial score (nSPS) is 16.3. The Morgan fingerprint density at radius 2 is 2.08 bits per heavy atom. The summed E-state index contributed by atoms with van der Waals surface area (Å²) in [6.45, 7) is 6.63. The summed E-state index contributed by atoms with van der Waals surface area (Å²) in [6.07, 6.45) is 3.29. The summed E-state index contributed by atoms with van der Waals surface area (Å²) in [7, 11) is 0. The Labute approximate surface area is 160 Å². The highest BCUT2D eigenvalue weighted by atomic mass is 35.5. The van der Waals surface area contributed by atoms with Crippen LogP contribution in [0, 0.1) is 0 Å². The molecule has 1 aliphatic rings. The van der Waals surface area contributed by atoms with Gasteiger partial charge in [0, 0.05) is 17.9 Å². The molecule has 1 aromatic heterocycles. The highest BCUT2D eigenvalue weighted by Gasteiger charge is 2.31. The van der Waals surface area contributed by atoms with Crippen LogP contribution in [-0.4, -0.2) is 39.8 Å². The number of hydrogen-bond donors (Lipinski definition) is 1. The van der Waals surface area contributed by atoms with Crippen LogP contribution < -0.4 is 0 Å². The summed E-state index contributed by atoms with van der Waals surface area (Å²) in [6, 6.07) is 10.3. The zero-order chi connectivity index (χ0) is 18.0. The van der Waals surface area contributed by atoms with Gasteiger partial charge in [0.15, 0.2) is 0 Å². The number of ether oxygens (including phenoxy) is 1. The van der Waals surface area contributed by atoms with Gasteiger partial charge in [-0.15, -0.1) is 12.4 Å². The summed E-state index contributed by atoms with van der Waals surface area (Å²) < 4.78 is 5.91. The number of nitrogens with zero attached hydrogens (tertiary/aromatic N) is 2. The second-order valence-corrected chi connectivity index (χ2v) is 7.33. The van der Waals surface area contributed by atoms with Crippen molar-refractivity contribution in [3.8, 4) is 11.1 Å². The van der Waals surface area contributed by atoms with E-state index in [0.717, 1.165) is 23.1 Å². The lowest BCUT2D eigenvalue weighted by molar-refractivity contribution is -0.000795. The first-order valence-electron chi connectivity index (χ1n) is 8.51. The van der Waals surface area contributed by atoms with Crippen LogP contribution in [0.4, 0.5) is 4.79 Å². The Bertz CT molecular complexity index is 759. The van der Waals surface area contributed by atoms with Crippen molar-refractivity contribution in [1.82, 2.24) is 9.88 Å². The minimum absolute atomic E-state index is 0. The highest BCUT2D eigenvalue weighted by Crippen LogP contribution is 2.32. The van der Waals surface area contributed by atoms with Crippen LogP contribution in [0.25, 0.3) is 11.1 Å². The van der Waals surface area contributed by atoms with E-state index in [1.807, 2.05) is 39.1 Å². The van der Waals surface area contributed by atoms with Gasteiger partial charge in [-0.25, -0.2) is 4.79 Å². The Kier molecular flexibility index (Phi) is 6.26. The molecule has 1 aromatic carbocycles.